The summed E-state index contributed by atoms with van der Waals surface area (Å²) in [7, 11) is -1.93. The van der Waals surface area contributed by atoms with Gasteiger partial charge in [0.15, 0.2) is 5.75 Å². The molecule has 11 heteroatoms. The Kier molecular flexibility index (Phi) is 5.99. The zero-order valence-electron chi connectivity index (χ0n) is 16.5. The molecule has 3 heterocycles. The van der Waals surface area contributed by atoms with E-state index in [2.05, 4.69) is 19.1 Å². The number of ether oxygens (including phenoxy) is 1. The van der Waals surface area contributed by atoms with Crippen LogP contribution in [-0.4, -0.2) is 33.1 Å². The zero-order valence-corrected chi connectivity index (χ0v) is 18.1. The second-order valence-electron chi connectivity index (χ2n) is 6.46. The lowest BCUT2D eigenvalue weighted by molar-refractivity contribution is 0.438. The van der Waals surface area contributed by atoms with Crippen LogP contribution in [0.3, 0.4) is 0 Å². The summed E-state index contributed by atoms with van der Waals surface area (Å²) in [4.78, 5) is 21.2. The molecule has 0 aliphatic rings. The van der Waals surface area contributed by atoms with Gasteiger partial charge >= 0.3 is 6.01 Å². The Bertz CT molecular complexity index is 1180. The highest BCUT2D eigenvalue weighted by atomic mass is 32.2. The Hall–Kier alpha value is -2.79. The van der Waals surface area contributed by atoms with Crippen LogP contribution in [0.15, 0.2) is 29.2 Å². The van der Waals surface area contributed by atoms with Crippen LogP contribution in [0.25, 0.3) is 11.3 Å². The highest BCUT2D eigenvalue weighted by Crippen LogP contribution is 2.31. The third-order valence-electron chi connectivity index (χ3n) is 3.98. The lowest BCUT2D eigenvalue weighted by Gasteiger charge is -2.11. The van der Waals surface area contributed by atoms with E-state index in [1.807, 2.05) is 6.92 Å². The van der Waals surface area contributed by atoms with Gasteiger partial charge in [-0.3, -0.25) is 9.52 Å². The summed E-state index contributed by atoms with van der Waals surface area (Å²) in [6.45, 7) is 5.45. The number of pyridine rings is 1. The van der Waals surface area contributed by atoms with E-state index in [4.69, 9.17) is 4.74 Å². The van der Waals surface area contributed by atoms with Crippen molar-refractivity contribution in [3.05, 3.63) is 45.3 Å². The van der Waals surface area contributed by atoms with Gasteiger partial charge in [-0.2, -0.15) is 14.3 Å². The molecule has 0 spiro atoms. The SMILES string of the molecule is CCCS(=O)(=O)Nc1cc(-c2ccc(=O)n(C)c2)nc(Oc2c(C)nsc2C)n1. The van der Waals surface area contributed by atoms with Crippen LogP contribution >= 0.6 is 11.5 Å². The first-order chi connectivity index (χ1) is 13.7. The maximum absolute atomic E-state index is 12.2. The van der Waals surface area contributed by atoms with Crippen LogP contribution < -0.4 is 15.0 Å². The van der Waals surface area contributed by atoms with Crippen molar-refractivity contribution >= 4 is 27.4 Å². The molecule has 0 saturated carbocycles. The summed E-state index contributed by atoms with van der Waals surface area (Å²) in [5, 5.41) is 0. The van der Waals surface area contributed by atoms with Gasteiger partial charge in [-0.15, -0.1) is 0 Å². The van der Waals surface area contributed by atoms with Crippen molar-refractivity contribution in [2.24, 2.45) is 7.05 Å². The van der Waals surface area contributed by atoms with Crippen LogP contribution in [0, 0.1) is 13.8 Å². The molecule has 0 aromatic carbocycles. The number of hydrogen-bond donors (Lipinski definition) is 1. The Labute approximate surface area is 172 Å². The molecule has 154 valence electrons. The van der Waals surface area contributed by atoms with E-state index in [9.17, 15) is 13.2 Å². The lowest BCUT2D eigenvalue weighted by atomic mass is 10.2. The molecule has 0 atom stereocenters. The zero-order chi connectivity index (χ0) is 21.2. The number of aromatic nitrogens is 4. The highest BCUT2D eigenvalue weighted by Gasteiger charge is 2.17. The molecule has 0 unspecified atom stereocenters. The third kappa shape index (κ3) is 4.98. The molecule has 0 radical (unpaired) electrons. The standard InChI is InChI=1S/C18H21N5O4S2/c1-5-8-29(25,26)22-15-9-14(13-6-7-16(24)23(4)10-13)19-18(20-15)27-17-11(2)21-28-12(17)3/h6-7,9-10H,5,8H2,1-4H3,(H,19,20,22). The summed E-state index contributed by atoms with van der Waals surface area (Å²) in [6.07, 6.45) is 2.08. The van der Waals surface area contributed by atoms with Gasteiger partial charge in [-0.05, 0) is 37.9 Å². The number of nitrogens with one attached hydrogen (secondary N) is 1. The van der Waals surface area contributed by atoms with Crippen molar-refractivity contribution in [1.29, 1.82) is 0 Å². The van der Waals surface area contributed by atoms with Crippen molar-refractivity contribution < 1.29 is 13.2 Å². The number of anilines is 1. The van der Waals surface area contributed by atoms with Gasteiger partial charge < -0.3 is 9.30 Å². The molecule has 3 aromatic rings. The molecule has 0 bridgehead atoms. The fourth-order valence-corrected chi connectivity index (χ4v) is 4.30. The van der Waals surface area contributed by atoms with Crippen LogP contribution in [0.5, 0.6) is 11.8 Å². The minimum Gasteiger partial charge on any atom is -0.421 e. The molecule has 3 aromatic heterocycles. The van der Waals surface area contributed by atoms with Gasteiger partial charge in [0.2, 0.25) is 15.6 Å². The van der Waals surface area contributed by atoms with Gasteiger partial charge in [0.05, 0.1) is 22.0 Å². The largest absolute Gasteiger partial charge is 0.421 e. The normalized spacial score (nSPS) is 11.4. The fraction of sp³-hybridized carbons (Fsp3) is 0.333. The van der Waals surface area contributed by atoms with E-state index < -0.39 is 10.0 Å². The van der Waals surface area contributed by atoms with Gasteiger partial charge in [-0.25, -0.2) is 8.42 Å². The molecule has 3 rings (SSSR count). The van der Waals surface area contributed by atoms with E-state index in [0.717, 1.165) is 4.88 Å². The highest BCUT2D eigenvalue weighted by molar-refractivity contribution is 7.92. The lowest BCUT2D eigenvalue weighted by Crippen LogP contribution is -2.17. The average molecular weight is 436 g/mol. The van der Waals surface area contributed by atoms with Gasteiger partial charge in [0.1, 0.15) is 5.82 Å². The first-order valence-corrected chi connectivity index (χ1v) is 11.3. The number of rotatable bonds is 7. The average Bonchev–Trinajstić information content (AvgIpc) is 2.95. The van der Waals surface area contributed by atoms with E-state index in [1.54, 1.807) is 33.2 Å². The van der Waals surface area contributed by atoms with Crippen LogP contribution in [0.2, 0.25) is 0 Å². The van der Waals surface area contributed by atoms with Crippen LogP contribution in [0.4, 0.5) is 5.82 Å². The van der Waals surface area contributed by atoms with E-state index >= 15 is 0 Å². The summed E-state index contributed by atoms with van der Waals surface area (Å²) in [6, 6.07) is 4.51. The molecular formula is C18H21N5O4S2. The maximum atomic E-state index is 12.2. The molecule has 0 aliphatic carbocycles. The topological polar surface area (TPSA) is 116 Å². The molecule has 0 fully saturated rings. The number of nitrogens with zero attached hydrogens (tertiary/aromatic N) is 4. The molecular weight excluding hydrogens is 414 g/mol. The van der Waals surface area contributed by atoms with Crippen molar-refractivity contribution in [3.63, 3.8) is 0 Å². The smallest absolute Gasteiger partial charge is 0.324 e. The molecule has 1 N–H and O–H groups in total. The Morgan fingerprint density at radius 3 is 2.62 bits per heavy atom. The molecule has 0 saturated heterocycles. The van der Waals surface area contributed by atoms with Crippen molar-refractivity contribution in [2.75, 3.05) is 10.5 Å². The van der Waals surface area contributed by atoms with Gasteiger partial charge in [-0.1, -0.05) is 6.92 Å². The quantitative estimate of drug-likeness (QED) is 0.606. The predicted molar refractivity (Wildman–Crippen MR) is 112 cm³/mol. The number of sulfonamides is 1. The minimum absolute atomic E-state index is 0.0167. The Morgan fingerprint density at radius 1 is 1.24 bits per heavy atom. The Balaban J connectivity index is 2.08. The van der Waals surface area contributed by atoms with E-state index in [1.165, 1.54) is 28.2 Å². The second kappa shape index (κ2) is 8.29. The molecule has 9 nitrogen and oxygen atoms in total. The van der Waals surface area contributed by atoms with Crippen molar-refractivity contribution in [1.82, 2.24) is 18.9 Å². The summed E-state index contributed by atoms with van der Waals surface area (Å²) in [5.41, 5.74) is 1.56. The van der Waals surface area contributed by atoms with Gasteiger partial charge in [0.25, 0.3) is 0 Å². The number of hydrogen-bond acceptors (Lipinski definition) is 8. The molecule has 0 amide bonds. The third-order valence-corrected chi connectivity index (χ3v) is 6.27. The predicted octanol–water partition coefficient (Wildman–Crippen LogP) is 2.86. The Morgan fingerprint density at radius 2 is 2.00 bits per heavy atom. The van der Waals surface area contributed by atoms with Crippen molar-refractivity contribution in [3.8, 4) is 23.0 Å². The maximum Gasteiger partial charge on any atom is 0.324 e. The van der Waals surface area contributed by atoms with E-state index in [0.29, 0.717) is 29.1 Å². The summed E-state index contributed by atoms with van der Waals surface area (Å²) >= 11 is 1.30. The minimum atomic E-state index is -3.55. The van der Waals surface area contributed by atoms with Gasteiger partial charge in [0, 0.05) is 30.9 Å². The first kappa shape index (κ1) is 20.9. The van der Waals surface area contributed by atoms with E-state index in [-0.39, 0.29) is 23.1 Å². The van der Waals surface area contributed by atoms with Crippen LogP contribution in [-0.2, 0) is 17.1 Å². The summed E-state index contributed by atoms with van der Waals surface area (Å²) < 4.78 is 38.4. The van der Waals surface area contributed by atoms with Crippen molar-refractivity contribution in [2.45, 2.75) is 27.2 Å². The second-order valence-corrected chi connectivity index (χ2v) is 9.28. The molecule has 0 aliphatic heterocycles. The molecule has 29 heavy (non-hydrogen) atoms. The number of aryl methyl sites for hydroxylation is 3. The summed E-state index contributed by atoms with van der Waals surface area (Å²) in [5.74, 6) is 0.593. The fourth-order valence-electron chi connectivity index (χ4n) is 2.61. The first-order valence-electron chi connectivity index (χ1n) is 8.86. The van der Waals surface area contributed by atoms with Crippen LogP contribution in [0.1, 0.15) is 23.9 Å². The monoisotopic (exact) mass is 435 g/mol.